The lowest BCUT2D eigenvalue weighted by Gasteiger charge is -2.31. The van der Waals surface area contributed by atoms with Gasteiger partial charge in [-0.2, -0.15) is 0 Å². The maximum atomic E-state index is 5.81. The summed E-state index contributed by atoms with van der Waals surface area (Å²) in [6.07, 6.45) is 3.67. The monoisotopic (exact) mass is 269 g/mol. The van der Waals surface area contributed by atoms with Crippen molar-refractivity contribution in [3.8, 4) is 0 Å². The van der Waals surface area contributed by atoms with Crippen LogP contribution in [-0.4, -0.2) is 42.2 Å². The molecule has 18 heavy (non-hydrogen) atoms. The maximum absolute atomic E-state index is 5.81. The SMILES string of the molecule is Cc1nc(CN2CCC(OCCCN)CC2)cs1. The highest BCUT2D eigenvalue weighted by atomic mass is 32.1. The molecule has 1 aromatic heterocycles. The zero-order valence-electron chi connectivity index (χ0n) is 11.1. The van der Waals surface area contributed by atoms with Crippen LogP contribution in [0.15, 0.2) is 5.38 Å². The van der Waals surface area contributed by atoms with E-state index in [9.17, 15) is 0 Å². The lowest BCUT2D eigenvalue weighted by molar-refractivity contribution is 0.00543. The lowest BCUT2D eigenvalue weighted by atomic mass is 10.1. The Morgan fingerprint density at radius 1 is 1.50 bits per heavy atom. The number of aryl methyl sites for hydroxylation is 1. The molecule has 0 atom stereocenters. The second-order valence-corrected chi connectivity index (χ2v) is 5.91. The van der Waals surface area contributed by atoms with Gasteiger partial charge in [0.15, 0.2) is 0 Å². The van der Waals surface area contributed by atoms with Crippen molar-refractivity contribution in [1.82, 2.24) is 9.88 Å². The first kappa shape index (κ1) is 13.9. The van der Waals surface area contributed by atoms with E-state index in [1.165, 1.54) is 5.69 Å². The third-order valence-corrected chi connectivity index (χ3v) is 4.11. The quantitative estimate of drug-likeness (QED) is 0.800. The summed E-state index contributed by atoms with van der Waals surface area (Å²) in [6, 6.07) is 0. The first-order valence-electron chi connectivity index (χ1n) is 6.73. The van der Waals surface area contributed by atoms with Crippen LogP contribution < -0.4 is 5.73 Å². The molecule has 0 unspecified atom stereocenters. The zero-order valence-corrected chi connectivity index (χ0v) is 11.9. The number of nitrogens with two attached hydrogens (primary N) is 1. The van der Waals surface area contributed by atoms with Crippen molar-refractivity contribution in [3.63, 3.8) is 0 Å². The standard InChI is InChI=1S/C13H23N3OS/c1-11-15-12(10-18-11)9-16-6-3-13(4-7-16)17-8-2-5-14/h10,13H,2-9,14H2,1H3. The van der Waals surface area contributed by atoms with Gasteiger partial charge in [0.1, 0.15) is 0 Å². The molecule has 1 aromatic rings. The predicted octanol–water partition coefficient (Wildman–Crippen LogP) is 1.78. The molecule has 1 aliphatic rings. The number of aromatic nitrogens is 1. The van der Waals surface area contributed by atoms with Crippen LogP contribution in [0.25, 0.3) is 0 Å². The molecule has 1 aliphatic heterocycles. The van der Waals surface area contributed by atoms with Crippen molar-refractivity contribution in [2.45, 2.75) is 38.8 Å². The van der Waals surface area contributed by atoms with Crippen LogP contribution in [0, 0.1) is 6.92 Å². The second-order valence-electron chi connectivity index (χ2n) is 4.85. The van der Waals surface area contributed by atoms with Crippen molar-refractivity contribution in [2.24, 2.45) is 5.73 Å². The minimum absolute atomic E-state index is 0.435. The highest BCUT2D eigenvalue weighted by Gasteiger charge is 2.19. The molecule has 2 rings (SSSR count). The van der Waals surface area contributed by atoms with Gasteiger partial charge in [-0.05, 0) is 32.7 Å². The van der Waals surface area contributed by atoms with Crippen LogP contribution in [0.5, 0.6) is 0 Å². The van der Waals surface area contributed by atoms with Gasteiger partial charge >= 0.3 is 0 Å². The molecule has 2 heterocycles. The Morgan fingerprint density at radius 3 is 2.89 bits per heavy atom. The topological polar surface area (TPSA) is 51.4 Å². The Balaban J connectivity index is 1.67. The average molecular weight is 269 g/mol. The van der Waals surface area contributed by atoms with Crippen LogP contribution >= 0.6 is 11.3 Å². The molecule has 0 aliphatic carbocycles. The van der Waals surface area contributed by atoms with Crippen molar-refractivity contribution in [2.75, 3.05) is 26.2 Å². The van der Waals surface area contributed by atoms with Gasteiger partial charge in [-0.3, -0.25) is 4.90 Å². The summed E-state index contributed by atoms with van der Waals surface area (Å²) in [5.74, 6) is 0. The van der Waals surface area contributed by atoms with Gasteiger partial charge in [-0.15, -0.1) is 11.3 Å². The Hall–Kier alpha value is -0.490. The smallest absolute Gasteiger partial charge is 0.0897 e. The fraction of sp³-hybridized carbons (Fsp3) is 0.769. The fourth-order valence-corrected chi connectivity index (χ4v) is 2.88. The van der Waals surface area contributed by atoms with E-state index in [0.29, 0.717) is 6.10 Å². The Bertz CT molecular complexity index is 348. The number of rotatable bonds is 6. The number of hydrogen-bond acceptors (Lipinski definition) is 5. The molecule has 0 saturated carbocycles. The van der Waals surface area contributed by atoms with Gasteiger partial charge in [0.2, 0.25) is 0 Å². The summed E-state index contributed by atoms with van der Waals surface area (Å²) in [6.45, 7) is 6.81. The highest BCUT2D eigenvalue weighted by molar-refractivity contribution is 7.09. The van der Waals surface area contributed by atoms with Crippen LogP contribution in [-0.2, 0) is 11.3 Å². The molecule has 0 spiro atoms. The van der Waals surface area contributed by atoms with E-state index in [2.05, 4.69) is 22.2 Å². The molecule has 5 heteroatoms. The van der Waals surface area contributed by atoms with Crippen LogP contribution in [0.1, 0.15) is 30.0 Å². The van der Waals surface area contributed by atoms with Crippen LogP contribution in [0.3, 0.4) is 0 Å². The van der Waals surface area contributed by atoms with E-state index in [0.717, 1.165) is 57.1 Å². The first-order chi connectivity index (χ1) is 8.78. The Labute approximate surface area is 113 Å². The number of piperidine rings is 1. The van der Waals surface area contributed by atoms with Crippen molar-refractivity contribution >= 4 is 11.3 Å². The summed E-state index contributed by atoms with van der Waals surface area (Å²) in [5, 5.41) is 3.32. The molecule has 0 amide bonds. The van der Waals surface area contributed by atoms with E-state index in [1.807, 2.05) is 0 Å². The molecule has 102 valence electrons. The number of nitrogens with zero attached hydrogens (tertiary/aromatic N) is 2. The van der Waals surface area contributed by atoms with Gasteiger partial charge in [-0.25, -0.2) is 4.98 Å². The fourth-order valence-electron chi connectivity index (χ4n) is 2.28. The molecule has 4 nitrogen and oxygen atoms in total. The number of thiazole rings is 1. The normalized spacial score (nSPS) is 18.3. The number of hydrogen-bond donors (Lipinski definition) is 1. The minimum atomic E-state index is 0.435. The predicted molar refractivity (Wildman–Crippen MR) is 74.8 cm³/mol. The Kier molecular flexibility index (Phi) is 5.56. The molecule has 0 aromatic carbocycles. The van der Waals surface area contributed by atoms with Gasteiger partial charge in [-0.1, -0.05) is 0 Å². The van der Waals surface area contributed by atoms with Gasteiger partial charge in [0.05, 0.1) is 16.8 Å². The summed E-state index contributed by atoms with van der Waals surface area (Å²) in [7, 11) is 0. The summed E-state index contributed by atoms with van der Waals surface area (Å²) >= 11 is 1.73. The van der Waals surface area contributed by atoms with E-state index in [-0.39, 0.29) is 0 Å². The summed E-state index contributed by atoms with van der Waals surface area (Å²) in [4.78, 5) is 6.99. The molecule has 1 saturated heterocycles. The minimum Gasteiger partial charge on any atom is -0.378 e. The first-order valence-corrected chi connectivity index (χ1v) is 7.61. The molecule has 1 fully saturated rings. The third-order valence-electron chi connectivity index (χ3n) is 3.29. The lowest BCUT2D eigenvalue weighted by Crippen LogP contribution is -2.36. The van der Waals surface area contributed by atoms with Crippen molar-refractivity contribution < 1.29 is 4.74 Å². The molecule has 0 bridgehead atoms. The largest absolute Gasteiger partial charge is 0.378 e. The van der Waals surface area contributed by atoms with E-state index in [1.54, 1.807) is 11.3 Å². The van der Waals surface area contributed by atoms with E-state index >= 15 is 0 Å². The number of likely N-dealkylation sites (tertiary alicyclic amines) is 1. The van der Waals surface area contributed by atoms with Crippen LogP contribution in [0.4, 0.5) is 0 Å². The van der Waals surface area contributed by atoms with Crippen LogP contribution in [0.2, 0.25) is 0 Å². The van der Waals surface area contributed by atoms with E-state index in [4.69, 9.17) is 10.5 Å². The van der Waals surface area contributed by atoms with Gasteiger partial charge in [0, 0.05) is 31.6 Å². The van der Waals surface area contributed by atoms with Gasteiger partial charge in [0.25, 0.3) is 0 Å². The molecular formula is C13H23N3OS. The van der Waals surface area contributed by atoms with Gasteiger partial charge < -0.3 is 10.5 Å². The molecule has 2 N–H and O–H groups in total. The van der Waals surface area contributed by atoms with Crippen molar-refractivity contribution in [3.05, 3.63) is 16.1 Å². The third kappa shape index (κ3) is 4.31. The summed E-state index contributed by atoms with van der Waals surface area (Å²) < 4.78 is 5.81. The van der Waals surface area contributed by atoms with Crippen molar-refractivity contribution in [1.29, 1.82) is 0 Å². The Morgan fingerprint density at radius 2 is 2.28 bits per heavy atom. The molecular weight excluding hydrogens is 246 g/mol. The zero-order chi connectivity index (χ0) is 12.8. The highest BCUT2D eigenvalue weighted by Crippen LogP contribution is 2.17. The van der Waals surface area contributed by atoms with E-state index < -0.39 is 0 Å². The second kappa shape index (κ2) is 7.19. The average Bonchev–Trinajstić information content (AvgIpc) is 2.77. The maximum Gasteiger partial charge on any atom is 0.0897 e. The molecule has 0 radical (unpaired) electrons. The summed E-state index contributed by atoms with van der Waals surface area (Å²) in [5.41, 5.74) is 6.67. The number of ether oxygens (including phenoxy) is 1.